The van der Waals surface area contributed by atoms with Crippen molar-refractivity contribution in [3.8, 4) is 5.75 Å². The molecule has 1 heterocycles. The minimum absolute atomic E-state index is 0.0545. The van der Waals surface area contributed by atoms with Crippen LogP contribution in [0.5, 0.6) is 5.75 Å². The van der Waals surface area contributed by atoms with Crippen molar-refractivity contribution in [3.63, 3.8) is 0 Å². The molecule has 0 bridgehead atoms. The zero-order valence-electron chi connectivity index (χ0n) is 19.7. The van der Waals surface area contributed by atoms with Gasteiger partial charge in [-0.2, -0.15) is 0 Å². The SMILES string of the molecule is CCOC(=O)C1=C(C)N=C(c2ccccc2)NC1c1cccc([N+](=O)[O-])c1OCc1ccc(Cl)cc1. The van der Waals surface area contributed by atoms with Gasteiger partial charge in [-0.25, -0.2) is 9.79 Å². The molecule has 1 unspecified atom stereocenters. The van der Waals surface area contributed by atoms with Crippen LogP contribution in [0.1, 0.15) is 36.6 Å². The number of nitrogens with zero attached hydrogens (tertiary/aromatic N) is 2. The van der Waals surface area contributed by atoms with E-state index in [0.29, 0.717) is 22.1 Å². The maximum Gasteiger partial charge on any atom is 0.338 e. The highest BCUT2D eigenvalue weighted by molar-refractivity contribution is 6.30. The Kier molecular flexibility index (Phi) is 7.65. The summed E-state index contributed by atoms with van der Waals surface area (Å²) < 4.78 is 11.3. The van der Waals surface area contributed by atoms with Gasteiger partial charge in [-0.1, -0.05) is 66.2 Å². The van der Waals surface area contributed by atoms with E-state index in [1.165, 1.54) is 6.07 Å². The van der Waals surface area contributed by atoms with E-state index in [2.05, 4.69) is 10.3 Å². The molecule has 1 atom stereocenters. The van der Waals surface area contributed by atoms with Gasteiger partial charge in [0.1, 0.15) is 12.4 Å². The van der Waals surface area contributed by atoms with Crippen LogP contribution in [0.25, 0.3) is 0 Å². The first-order valence-corrected chi connectivity index (χ1v) is 11.7. The second-order valence-electron chi connectivity index (χ2n) is 7.99. The normalized spacial score (nSPS) is 15.1. The number of allylic oxidation sites excluding steroid dienone is 1. The first-order chi connectivity index (χ1) is 17.4. The Balaban J connectivity index is 1.81. The number of rotatable bonds is 8. The molecule has 0 aromatic heterocycles. The number of carbonyl (C=O) groups is 1. The summed E-state index contributed by atoms with van der Waals surface area (Å²) >= 11 is 5.97. The van der Waals surface area contributed by atoms with Crippen LogP contribution in [-0.4, -0.2) is 23.3 Å². The number of nitro groups is 1. The molecule has 9 heteroatoms. The van der Waals surface area contributed by atoms with E-state index >= 15 is 0 Å². The Morgan fingerprint density at radius 3 is 2.47 bits per heavy atom. The van der Waals surface area contributed by atoms with Crippen LogP contribution in [-0.2, 0) is 16.1 Å². The quantitative estimate of drug-likeness (QED) is 0.237. The van der Waals surface area contributed by atoms with Crippen molar-refractivity contribution >= 4 is 29.1 Å². The third-order valence-corrected chi connectivity index (χ3v) is 5.86. The molecule has 4 rings (SSSR count). The monoisotopic (exact) mass is 505 g/mol. The highest BCUT2D eigenvalue weighted by Gasteiger charge is 2.35. The lowest BCUT2D eigenvalue weighted by Gasteiger charge is -2.29. The number of benzene rings is 3. The summed E-state index contributed by atoms with van der Waals surface area (Å²) in [6.07, 6.45) is 0. The molecule has 0 spiro atoms. The number of nitro benzene ring substituents is 1. The first kappa shape index (κ1) is 24.9. The molecule has 0 amide bonds. The van der Waals surface area contributed by atoms with Gasteiger partial charge in [-0.15, -0.1) is 0 Å². The lowest BCUT2D eigenvalue weighted by atomic mass is 9.93. The molecule has 3 aromatic carbocycles. The van der Waals surface area contributed by atoms with Crippen LogP contribution in [0.3, 0.4) is 0 Å². The number of ether oxygens (including phenoxy) is 2. The van der Waals surface area contributed by atoms with Gasteiger partial charge >= 0.3 is 11.7 Å². The minimum Gasteiger partial charge on any atom is -0.482 e. The van der Waals surface area contributed by atoms with Crippen LogP contribution >= 0.6 is 11.6 Å². The number of amidine groups is 1. The van der Waals surface area contributed by atoms with Crippen molar-refractivity contribution in [1.29, 1.82) is 0 Å². The standard InChI is InChI=1S/C27H24ClN3O5/c1-3-35-27(32)23-17(2)29-26(19-8-5-4-6-9-19)30-24(23)21-10-7-11-22(31(33)34)25(21)36-16-18-12-14-20(28)15-13-18/h4-15,24H,3,16H2,1-2H3,(H,29,30). The summed E-state index contributed by atoms with van der Waals surface area (Å²) in [5.41, 5.74) is 2.50. The van der Waals surface area contributed by atoms with E-state index in [1.54, 1.807) is 50.2 Å². The fraction of sp³-hybridized carbons (Fsp3) is 0.185. The molecule has 3 aromatic rings. The molecule has 36 heavy (non-hydrogen) atoms. The summed E-state index contributed by atoms with van der Waals surface area (Å²) in [5, 5.41) is 15.8. The number of para-hydroxylation sites is 1. The van der Waals surface area contributed by atoms with Crippen molar-refractivity contribution in [2.75, 3.05) is 6.61 Å². The fourth-order valence-corrected chi connectivity index (χ4v) is 4.06. The summed E-state index contributed by atoms with van der Waals surface area (Å²) in [5.74, 6) is 0.0266. The van der Waals surface area contributed by atoms with Gasteiger partial charge in [0.15, 0.2) is 0 Å². The maximum absolute atomic E-state index is 13.0. The van der Waals surface area contributed by atoms with E-state index < -0.39 is 16.9 Å². The van der Waals surface area contributed by atoms with E-state index in [4.69, 9.17) is 21.1 Å². The number of hydrogen-bond donors (Lipinski definition) is 1. The molecule has 1 N–H and O–H groups in total. The second kappa shape index (κ2) is 11.0. The predicted octanol–water partition coefficient (Wildman–Crippen LogP) is 5.76. The molecule has 1 aliphatic rings. The number of halogens is 1. The molecular weight excluding hydrogens is 482 g/mol. The molecule has 0 saturated heterocycles. The van der Waals surface area contributed by atoms with Gasteiger partial charge in [0.25, 0.3) is 0 Å². The van der Waals surface area contributed by atoms with Gasteiger partial charge in [-0.05, 0) is 31.5 Å². The highest BCUT2D eigenvalue weighted by Crippen LogP contribution is 2.40. The van der Waals surface area contributed by atoms with Gasteiger partial charge in [0.05, 0.1) is 28.8 Å². The second-order valence-corrected chi connectivity index (χ2v) is 8.43. The number of hydrogen-bond acceptors (Lipinski definition) is 7. The first-order valence-electron chi connectivity index (χ1n) is 11.3. The summed E-state index contributed by atoms with van der Waals surface area (Å²) in [7, 11) is 0. The number of nitrogens with one attached hydrogen (secondary N) is 1. The third-order valence-electron chi connectivity index (χ3n) is 5.61. The number of esters is 1. The molecule has 184 valence electrons. The zero-order valence-corrected chi connectivity index (χ0v) is 20.5. The van der Waals surface area contributed by atoms with Gasteiger partial charge in [-0.3, -0.25) is 10.1 Å². The van der Waals surface area contributed by atoms with Crippen LogP contribution in [0.15, 0.2) is 89.1 Å². The van der Waals surface area contributed by atoms with Gasteiger partial charge in [0, 0.05) is 22.2 Å². The predicted molar refractivity (Wildman–Crippen MR) is 137 cm³/mol. The van der Waals surface area contributed by atoms with E-state index in [9.17, 15) is 14.9 Å². The van der Waals surface area contributed by atoms with Crippen molar-refractivity contribution in [1.82, 2.24) is 5.32 Å². The fourth-order valence-electron chi connectivity index (χ4n) is 3.94. The van der Waals surface area contributed by atoms with Crippen LogP contribution in [0.4, 0.5) is 5.69 Å². The van der Waals surface area contributed by atoms with E-state index in [0.717, 1.165) is 11.1 Å². The molecular formula is C27H24ClN3O5. The van der Waals surface area contributed by atoms with E-state index in [-0.39, 0.29) is 30.2 Å². The maximum atomic E-state index is 13.0. The third kappa shape index (κ3) is 5.39. The van der Waals surface area contributed by atoms with Crippen LogP contribution in [0.2, 0.25) is 5.02 Å². The lowest BCUT2D eigenvalue weighted by Crippen LogP contribution is -2.37. The van der Waals surface area contributed by atoms with Crippen LogP contribution < -0.4 is 10.1 Å². The largest absolute Gasteiger partial charge is 0.482 e. The van der Waals surface area contributed by atoms with Crippen LogP contribution in [0, 0.1) is 10.1 Å². The Morgan fingerprint density at radius 2 is 1.81 bits per heavy atom. The van der Waals surface area contributed by atoms with Crippen molar-refractivity contribution in [3.05, 3.63) is 116 Å². The summed E-state index contributed by atoms with van der Waals surface area (Å²) in [6, 6.07) is 20.3. The Hall–Kier alpha value is -4.17. The smallest absolute Gasteiger partial charge is 0.338 e. The molecule has 8 nitrogen and oxygen atoms in total. The molecule has 0 radical (unpaired) electrons. The Labute approximate surface area is 213 Å². The van der Waals surface area contributed by atoms with Crippen molar-refractivity contribution < 1.29 is 19.2 Å². The topological polar surface area (TPSA) is 103 Å². The van der Waals surface area contributed by atoms with Gasteiger partial charge in [0.2, 0.25) is 5.75 Å². The minimum atomic E-state index is -0.795. The van der Waals surface area contributed by atoms with Crippen molar-refractivity contribution in [2.45, 2.75) is 26.5 Å². The summed E-state index contributed by atoms with van der Waals surface area (Å²) in [4.78, 5) is 29.0. The molecule has 0 fully saturated rings. The zero-order chi connectivity index (χ0) is 25.7. The molecule has 0 aliphatic carbocycles. The van der Waals surface area contributed by atoms with E-state index in [1.807, 2.05) is 30.3 Å². The molecule has 1 aliphatic heterocycles. The molecule has 0 saturated carbocycles. The number of carbonyl (C=O) groups excluding carboxylic acids is 1. The van der Waals surface area contributed by atoms with Gasteiger partial charge < -0.3 is 14.8 Å². The van der Waals surface area contributed by atoms with Crippen molar-refractivity contribution in [2.24, 2.45) is 4.99 Å². The average Bonchev–Trinajstić information content (AvgIpc) is 2.88. The lowest BCUT2D eigenvalue weighted by molar-refractivity contribution is -0.386. The Morgan fingerprint density at radius 1 is 1.08 bits per heavy atom. The average molecular weight is 506 g/mol. The highest BCUT2D eigenvalue weighted by atomic mass is 35.5. The number of aliphatic imine (C=N–C) groups is 1. The summed E-state index contributed by atoms with van der Waals surface area (Å²) in [6.45, 7) is 3.67. The Bertz CT molecular complexity index is 1340.